The van der Waals surface area contributed by atoms with Crippen LogP contribution in [0.3, 0.4) is 0 Å². The van der Waals surface area contributed by atoms with E-state index in [1.54, 1.807) is 42.8 Å². The molecule has 0 saturated heterocycles. The summed E-state index contributed by atoms with van der Waals surface area (Å²) in [6, 6.07) is 12.1. The molecule has 2 N–H and O–H groups in total. The lowest BCUT2D eigenvalue weighted by atomic mass is 10.2. The van der Waals surface area contributed by atoms with Gasteiger partial charge in [-0.15, -0.1) is 10.2 Å². The highest BCUT2D eigenvalue weighted by atomic mass is 32.2. The van der Waals surface area contributed by atoms with Crippen LogP contribution in [0.1, 0.15) is 29.2 Å². The summed E-state index contributed by atoms with van der Waals surface area (Å²) in [5.41, 5.74) is 0.480. The molecule has 1 atom stereocenters. The number of carbonyl (C=O) groups is 2. The van der Waals surface area contributed by atoms with Crippen LogP contribution < -0.4 is 10.1 Å². The first-order valence-corrected chi connectivity index (χ1v) is 9.90. The molecule has 0 aliphatic carbocycles. The molecule has 3 aromatic rings. The highest BCUT2D eigenvalue weighted by Gasteiger charge is 2.19. The van der Waals surface area contributed by atoms with Crippen molar-refractivity contribution in [1.29, 1.82) is 0 Å². The number of carboxylic acids is 1. The van der Waals surface area contributed by atoms with Gasteiger partial charge in [-0.05, 0) is 37.3 Å². The van der Waals surface area contributed by atoms with Gasteiger partial charge in [-0.25, -0.2) is 9.18 Å². The SMILES string of the molecule is CC(Oc1ccccc1F)c1nnc(SCC(=O)Nc2cccc(C(=O)O)c2)n1C. The molecule has 1 unspecified atom stereocenters. The van der Waals surface area contributed by atoms with Crippen LogP contribution in [0.25, 0.3) is 0 Å². The number of thioether (sulfide) groups is 1. The normalized spacial score (nSPS) is 11.7. The van der Waals surface area contributed by atoms with Crippen molar-refractivity contribution >= 4 is 29.3 Å². The van der Waals surface area contributed by atoms with Gasteiger partial charge in [-0.2, -0.15) is 0 Å². The number of carboxylic acid groups (broad SMARTS) is 1. The molecule has 0 saturated carbocycles. The number of para-hydroxylation sites is 1. The molecule has 0 fully saturated rings. The quantitative estimate of drug-likeness (QED) is 0.527. The predicted molar refractivity (Wildman–Crippen MR) is 109 cm³/mol. The summed E-state index contributed by atoms with van der Waals surface area (Å²) in [6.07, 6.45) is -0.554. The van der Waals surface area contributed by atoms with E-state index in [2.05, 4.69) is 15.5 Å². The Hall–Kier alpha value is -3.40. The Morgan fingerprint density at radius 3 is 2.73 bits per heavy atom. The van der Waals surface area contributed by atoms with Crippen molar-refractivity contribution in [3.63, 3.8) is 0 Å². The maximum absolute atomic E-state index is 13.8. The third-order valence-electron chi connectivity index (χ3n) is 4.10. The van der Waals surface area contributed by atoms with Gasteiger partial charge in [0.2, 0.25) is 5.91 Å². The minimum Gasteiger partial charge on any atom is -0.480 e. The first-order valence-electron chi connectivity index (χ1n) is 8.91. The summed E-state index contributed by atoms with van der Waals surface area (Å²) >= 11 is 1.16. The first kappa shape index (κ1) is 21.3. The van der Waals surface area contributed by atoms with Gasteiger partial charge in [-0.3, -0.25) is 4.79 Å². The summed E-state index contributed by atoms with van der Waals surface area (Å²) in [7, 11) is 1.73. The summed E-state index contributed by atoms with van der Waals surface area (Å²) in [5, 5.41) is 20.3. The van der Waals surface area contributed by atoms with Crippen LogP contribution in [0, 0.1) is 5.82 Å². The van der Waals surface area contributed by atoms with Crippen molar-refractivity contribution in [2.75, 3.05) is 11.1 Å². The summed E-state index contributed by atoms with van der Waals surface area (Å²) in [6.45, 7) is 1.73. The molecule has 0 bridgehead atoms. The smallest absolute Gasteiger partial charge is 0.335 e. The van der Waals surface area contributed by atoms with Gasteiger partial charge in [0, 0.05) is 12.7 Å². The van der Waals surface area contributed by atoms with E-state index < -0.39 is 17.9 Å². The summed E-state index contributed by atoms with van der Waals surface area (Å²) in [4.78, 5) is 23.2. The van der Waals surface area contributed by atoms with Crippen molar-refractivity contribution in [1.82, 2.24) is 14.8 Å². The zero-order chi connectivity index (χ0) is 21.7. The van der Waals surface area contributed by atoms with E-state index in [0.717, 1.165) is 11.8 Å². The van der Waals surface area contributed by atoms with Gasteiger partial charge in [-0.1, -0.05) is 30.0 Å². The van der Waals surface area contributed by atoms with E-state index in [4.69, 9.17) is 9.84 Å². The maximum atomic E-state index is 13.8. The number of carbonyl (C=O) groups excluding carboxylic acids is 1. The topological polar surface area (TPSA) is 106 Å². The van der Waals surface area contributed by atoms with Gasteiger partial charge >= 0.3 is 5.97 Å². The van der Waals surface area contributed by atoms with Crippen molar-refractivity contribution in [3.05, 3.63) is 65.7 Å². The lowest BCUT2D eigenvalue weighted by Gasteiger charge is -2.14. The van der Waals surface area contributed by atoms with Crippen LogP contribution in [-0.4, -0.2) is 37.5 Å². The third-order valence-corrected chi connectivity index (χ3v) is 5.12. The zero-order valence-corrected chi connectivity index (χ0v) is 17.0. The number of amides is 1. The minimum absolute atomic E-state index is 0.0474. The number of halogens is 1. The minimum atomic E-state index is -1.07. The van der Waals surface area contributed by atoms with Gasteiger partial charge in [0.1, 0.15) is 0 Å². The molecule has 0 radical (unpaired) electrons. The molecule has 1 amide bonds. The Bertz CT molecular complexity index is 1070. The van der Waals surface area contributed by atoms with E-state index in [-0.39, 0.29) is 23.0 Å². The molecule has 3 rings (SSSR count). The van der Waals surface area contributed by atoms with E-state index in [1.807, 2.05) is 0 Å². The van der Waals surface area contributed by atoms with Crippen LogP contribution in [0.4, 0.5) is 10.1 Å². The molecule has 2 aromatic carbocycles. The van der Waals surface area contributed by atoms with Crippen LogP contribution in [0.2, 0.25) is 0 Å². The number of benzene rings is 2. The van der Waals surface area contributed by atoms with Crippen LogP contribution in [0.15, 0.2) is 53.7 Å². The number of aromatic nitrogens is 3. The molecule has 0 aliphatic heterocycles. The van der Waals surface area contributed by atoms with E-state index in [9.17, 15) is 14.0 Å². The van der Waals surface area contributed by atoms with Crippen molar-refractivity contribution in [3.8, 4) is 5.75 Å². The number of aromatic carboxylic acids is 1. The lowest BCUT2D eigenvalue weighted by Crippen LogP contribution is -2.15. The molecule has 8 nitrogen and oxygen atoms in total. The van der Waals surface area contributed by atoms with Crippen LogP contribution in [0.5, 0.6) is 5.75 Å². The average Bonchev–Trinajstić information content (AvgIpc) is 3.09. The van der Waals surface area contributed by atoms with Gasteiger partial charge in [0.05, 0.1) is 11.3 Å². The molecular weight excluding hydrogens is 411 g/mol. The largest absolute Gasteiger partial charge is 0.480 e. The van der Waals surface area contributed by atoms with Crippen molar-refractivity contribution in [2.45, 2.75) is 18.2 Å². The van der Waals surface area contributed by atoms with Crippen molar-refractivity contribution in [2.24, 2.45) is 7.05 Å². The number of rotatable bonds is 8. The molecule has 1 heterocycles. The summed E-state index contributed by atoms with van der Waals surface area (Å²) < 4.78 is 21.1. The fourth-order valence-corrected chi connectivity index (χ4v) is 3.36. The molecule has 10 heteroatoms. The Labute approximate surface area is 176 Å². The molecule has 1 aromatic heterocycles. The Kier molecular flexibility index (Phi) is 6.68. The standard InChI is InChI=1S/C20H19FN4O4S/c1-12(29-16-9-4-3-8-15(16)21)18-23-24-20(25(18)2)30-11-17(26)22-14-7-5-6-13(10-14)19(27)28/h3-10,12H,11H2,1-2H3,(H,22,26)(H,27,28). The number of nitrogens with zero attached hydrogens (tertiary/aromatic N) is 3. The van der Waals surface area contributed by atoms with E-state index in [0.29, 0.717) is 16.7 Å². The molecule has 30 heavy (non-hydrogen) atoms. The maximum Gasteiger partial charge on any atom is 0.335 e. The lowest BCUT2D eigenvalue weighted by molar-refractivity contribution is -0.113. The number of anilines is 1. The Balaban J connectivity index is 1.59. The average molecular weight is 430 g/mol. The predicted octanol–water partition coefficient (Wildman–Crippen LogP) is 3.52. The fraction of sp³-hybridized carbons (Fsp3) is 0.200. The molecular formula is C20H19FN4O4S. The van der Waals surface area contributed by atoms with Crippen LogP contribution in [-0.2, 0) is 11.8 Å². The highest BCUT2D eigenvalue weighted by molar-refractivity contribution is 7.99. The van der Waals surface area contributed by atoms with Gasteiger partial charge in [0.15, 0.2) is 28.7 Å². The first-order chi connectivity index (χ1) is 14.3. The van der Waals surface area contributed by atoms with Gasteiger partial charge < -0.3 is 19.7 Å². The monoisotopic (exact) mass is 430 g/mol. The number of nitrogens with one attached hydrogen (secondary N) is 1. The Morgan fingerprint density at radius 2 is 2.00 bits per heavy atom. The van der Waals surface area contributed by atoms with Crippen molar-refractivity contribution < 1.29 is 23.8 Å². The number of hydrogen-bond donors (Lipinski definition) is 2. The number of ether oxygens (including phenoxy) is 1. The second kappa shape index (κ2) is 9.40. The molecule has 0 spiro atoms. The van der Waals surface area contributed by atoms with Crippen LogP contribution >= 0.6 is 11.8 Å². The zero-order valence-electron chi connectivity index (χ0n) is 16.2. The second-order valence-electron chi connectivity index (χ2n) is 6.31. The second-order valence-corrected chi connectivity index (χ2v) is 7.26. The number of hydrogen-bond acceptors (Lipinski definition) is 6. The molecule has 156 valence electrons. The highest BCUT2D eigenvalue weighted by Crippen LogP contribution is 2.25. The third kappa shape index (κ3) is 5.15. The summed E-state index contributed by atoms with van der Waals surface area (Å²) in [5.74, 6) is -1.21. The Morgan fingerprint density at radius 1 is 1.23 bits per heavy atom. The van der Waals surface area contributed by atoms with Gasteiger partial charge in [0.25, 0.3) is 0 Å². The van der Waals surface area contributed by atoms with E-state index in [1.165, 1.54) is 24.3 Å². The van der Waals surface area contributed by atoms with E-state index >= 15 is 0 Å². The molecule has 0 aliphatic rings. The fourth-order valence-electron chi connectivity index (χ4n) is 2.65.